The molecule has 1 rings (SSSR count). The van der Waals surface area contributed by atoms with Crippen LogP contribution in [0.1, 0.15) is 19.0 Å². The van der Waals surface area contributed by atoms with Crippen molar-refractivity contribution in [3.8, 4) is 0 Å². The van der Waals surface area contributed by atoms with Crippen molar-refractivity contribution in [2.24, 2.45) is 5.73 Å². The lowest BCUT2D eigenvalue weighted by atomic mass is 10.2. The number of hydrogen-bond donors (Lipinski definition) is 1. The Hall–Kier alpha value is -1.30. The zero-order chi connectivity index (χ0) is 13.1. The molecule has 0 bridgehead atoms. The molecule has 0 amide bonds. The molecule has 0 radical (unpaired) electrons. The number of rotatable bonds is 4. The van der Waals surface area contributed by atoms with Crippen LogP contribution < -0.4 is 10.6 Å². The summed E-state index contributed by atoms with van der Waals surface area (Å²) < 4.78 is 37.4. The number of hydrogen-bond acceptors (Lipinski definition) is 3. The maximum Gasteiger partial charge on any atom is 0.433 e. The predicted molar refractivity (Wildman–Crippen MR) is 60.8 cm³/mol. The van der Waals surface area contributed by atoms with Gasteiger partial charge in [-0.25, -0.2) is 4.98 Å². The van der Waals surface area contributed by atoms with E-state index in [1.807, 2.05) is 6.92 Å². The molecule has 0 aliphatic rings. The molecule has 96 valence electrons. The number of halogens is 3. The summed E-state index contributed by atoms with van der Waals surface area (Å²) in [6.45, 7) is 2.39. The average molecular weight is 247 g/mol. The molecular weight excluding hydrogens is 231 g/mol. The summed E-state index contributed by atoms with van der Waals surface area (Å²) in [5.74, 6) is 0.306. The first-order chi connectivity index (χ1) is 7.86. The second-order valence-electron chi connectivity index (χ2n) is 3.92. The first-order valence-corrected chi connectivity index (χ1v) is 5.33. The Bertz CT molecular complexity index is 365. The SMILES string of the molecule is CC(CCN)N(C)c1cccc(C(F)(F)F)n1. The molecule has 1 unspecified atom stereocenters. The number of aromatic nitrogens is 1. The summed E-state index contributed by atoms with van der Waals surface area (Å²) in [6.07, 6.45) is -3.71. The molecule has 1 heterocycles. The molecule has 0 fully saturated rings. The largest absolute Gasteiger partial charge is 0.433 e. The first-order valence-electron chi connectivity index (χ1n) is 5.33. The minimum Gasteiger partial charge on any atom is -0.357 e. The monoisotopic (exact) mass is 247 g/mol. The maximum atomic E-state index is 12.5. The quantitative estimate of drug-likeness (QED) is 0.887. The van der Waals surface area contributed by atoms with E-state index in [0.29, 0.717) is 18.8 Å². The van der Waals surface area contributed by atoms with E-state index in [0.717, 1.165) is 6.07 Å². The van der Waals surface area contributed by atoms with Crippen molar-refractivity contribution in [2.75, 3.05) is 18.5 Å². The van der Waals surface area contributed by atoms with Crippen molar-refractivity contribution in [2.45, 2.75) is 25.6 Å². The van der Waals surface area contributed by atoms with Crippen LogP contribution in [-0.2, 0) is 6.18 Å². The molecule has 3 nitrogen and oxygen atoms in total. The predicted octanol–water partition coefficient (Wildman–Crippen LogP) is 2.27. The van der Waals surface area contributed by atoms with Crippen LogP contribution in [0.2, 0.25) is 0 Å². The Balaban J connectivity index is 2.92. The van der Waals surface area contributed by atoms with Gasteiger partial charge >= 0.3 is 6.18 Å². The van der Waals surface area contributed by atoms with Gasteiger partial charge in [0.15, 0.2) is 0 Å². The molecule has 1 aromatic heterocycles. The van der Waals surface area contributed by atoms with Gasteiger partial charge in [-0.15, -0.1) is 0 Å². The molecule has 0 spiro atoms. The third kappa shape index (κ3) is 3.59. The average Bonchev–Trinajstić information content (AvgIpc) is 2.27. The van der Waals surface area contributed by atoms with Gasteiger partial charge in [-0.1, -0.05) is 6.07 Å². The van der Waals surface area contributed by atoms with E-state index in [4.69, 9.17) is 5.73 Å². The van der Waals surface area contributed by atoms with Gasteiger partial charge < -0.3 is 10.6 Å². The normalized spacial score (nSPS) is 13.5. The number of alkyl halides is 3. The first kappa shape index (κ1) is 13.8. The van der Waals surface area contributed by atoms with E-state index in [9.17, 15) is 13.2 Å². The fourth-order valence-corrected chi connectivity index (χ4v) is 1.44. The molecule has 0 saturated carbocycles. The van der Waals surface area contributed by atoms with E-state index in [1.54, 1.807) is 18.0 Å². The summed E-state index contributed by atoms with van der Waals surface area (Å²) in [4.78, 5) is 5.30. The van der Waals surface area contributed by atoms with Gasteiger partial charge in [-0.05, 0) is 32.0 Å². The molecule has 2 N–H and O–H groups in total. The zero-order valence-electron chi connectivity index (χ0n) is 9.83. The lowest BCUT2D eigenvalue weighted by Gasteiger charge is -2.26. The van der Waals surface area contributed by atoms with E-state index in [-0.39, 0.29) is 6.04 Å². The second kappa shape index (κ2) is 5.35. The summed E-state index contributed by atoms with van der Waals surface area (Å²) >= 11 is 0. The van der Waals surface area contributed by atoms with E-state index in [1.165, 1.54) is 6.07 Å². The van der Waals surface area contributed by atoms with Crippen molar-refractivity contribution in [3.05, 3.63) is 23.9 Å². The summed E-state index contributed by atoms with van der Waals surface area (Å²) in [7, 11) is 1.71. The highest BCUT2D eigenvalue weighted by Gasteiger charge is 2.32. The fourth-order valence-electron chi connectivity index (χ4n) is 1.44. The molecule has 0 aromatic carbocycles. The lowest BCUT2D eigenvalue weighted by molar-refractivity contribution is -0.141. The van der Waals surface area contributed by atoms with Crippen molar-refractivity contribution < 1.29 is 13.2 Å². The fraction of sp³-hybridized carbons (Fsp3) is 0.545. The Morgan fingerprint density at radius 1 is 1.41 bits per heavy atom. The van der Waals surface area contributed by atoms with Crippen LogP contribution in [0.3, 0.4) is 0 Å². The highest BCUT2D eigenvalue weighted by molar-refractivity contribution is 5.39. The molecule has 0 aliphatic carbocycles. The molecular formula is C11H16F3N3. The summed E-state index contributed by atoms with van der Waals surface area (Å²) in [5.41, 5.74) is 4.54. The summed E-state index contributed by atoms with van der Waals surface area (Å²) in [6, 6.07) is 3.93. The van der Waals surface area contributed by atoms with Crippen LogP contribution in [0.4, 0.5) is 19.0 Å². The molecule has 17 heavy (non-hydrogen) atoms. The van der Waals surface area contributed by atoms with E-state index in [2.05, 4.69) is 4.98 Å². The van der Waals surface area contributed by atoms with Gasteiger partial charge in [0, 0.05) is 13.1 Å². The van der Waals surface area contributed by atoms with Gasteiger partial charge in [0.2, 0.25) is 0 Å². The Labute approximate surface area is 98.4 Å². The Morgan fingerprint density at radius 3 is 2.59 bits per heavy atom. The smallest absolute Gasteiger partial charge is 0.357 e. The highest BCUT2D eigenvalue weighted by atomic mass is 19.4. The van der Waals surface area contributed by atoms with Crippen LogP contribution in [0.25, 0.3) is 0 Å². The third-order valence-corrected chi connectivity index (χ3v) is 2.63. The Kier molecular flexibility index (Phi) is 4.34. The molecule has 6 heteroatoms. The molecule has 1 aromatic rings. The highest BCUT2D eigenvalue weighted by Crippen LogP contribution is 2.29. The second-order valence-corrected chi connectivity index (χ2v) is 3.92. The van der Waals surface area contributed by atoms with Crippen LogP contribution in [-0.4, -0.2) is 24.6 Å². The molecule has 1 atom stereocenters. The minimum atomic E-state index is -4.41. The van der Waals surface area contributed by atoms with Gasteiger partial charge in [0.1, 0.15) is 11.5 Å². The van der Waals surface area contributed by atoms with Gasteiger partial charge in [0.25, 0.3) is 0 Å². The standard InChI is InChI=1S/C11H16F3N3/c1-8(6-7-15)17(2)10-5-3-4-9(16-10)11(12,13)14/h3-5,8H,6-7,15H2,1-2H3. The number of pyridine rings is 1. The van der Waals surface area contributed by atoms with Crippen LogP contribution >= 0.6 is 0 Å². The number of anilines is 1. The lowest BCUT2D eigenvalue weighted by Crippen LogP contribution is -2.31. The van der Waals surface area contributed by atoms with E-state index < -0.39 is 11.9 Å². The Morgan fingerprint density at radius 2 is 2.06 bits per heavy atom. The van der Waals surface area contributed by atoms with E-state index >= 15 is 0 Å². The van der Waals surface area contributed by atoms with Gasteiger partial charge in [0.05, 0.1) is 0 Å². The minimum absolute atomic E-state index is 0.0518. The van der Waals surface area contributed by atoms with Crippen LogP contribution in [0.15, 0.2) is 18.2 Å². The van der Waals surface area contributed by atoms with Gasteiger partial charge in [-0.3, -0.25) is 0 Å². The van der Waals surface area contributed by atoms with Gasteiger partial charge in [-0.2, -0.15) is 13.2 Å². The maximum absolute atomic E-state index is 12.5. The third-order valence-electron chi connectivity index (χ3n) is 2.63. The zero-order valence-corrected chi connectivity index (χ0v) is 9.83. The van der Waals surface area contributed by atoms with Crippen LogP contribution in [0.5, 0.6) is 0 Å². The van der Waals surface area contributed by atoms with Crippen molar-refractivity contribution in [1.29, 1.82) is 0 Å². The van der Waals surface area contributed by atoms with Crippen molar-refractivity contribution in [3.63, 3.8) is 0 Å². The molecule has 0 aliphatic heterocycles. The number of nitrogens with zero attached hydrogens (tertiary/aromatic N) is 2. The van der Waals surface area contributed by atoms with Crippen LogP contribution in [0, 0.1) is 0 Å². The van der Waals surface area contributed by atoms with Crippen molar-refractivity contribution >= 4 is 5.82 Å². The number of nitrogens with two attached hydrogens (primary N) is 1. The topological polar surface area (TPSA) is 42.1 Å². The molecule has 0 saturated heterocycles. The van der Waals surface area contributed by atoms with Crippen molar-refractivity contribution in [1.82, 2.24) is 4.98 Å². The summed E-state index contributed by atoms with van der Waals surface area (Å²) in [5, 5.41) is 0.